The Kier molecular flexibility index (Phi) is 4.23. The van der Waals surface area contributed by atoms with E-state index in [1.54, 1.807) is 12.3 Å². The zero-order valence-corrected chi connectivity index (χ0v) is 11.0. The van der Waals surface area contributed by atoms with Crippen LogP contribution in [-0.4, -0.2) is 27.6 Å². The second kappa shape index (κ2) is 6.09. The van der Waals surface area contributed by atoms with Crippen LogP contribution in [0.15, 0.2) is 24.7 Å². The standard InChI is InChI=1S/C13H11N3O2S/c1-9-7-15-13(19-9)16-12(18)11-4-5-14-8-10(11)3-2-6-17/h4-5,7-8,17H,6H2,1H3,(H,15,16,18). The summed E-state index contributed by atoms with van der Waals surface area (Å²) in [6, 6.07) is 1.58. The van der Waals surface area contributed by atoms with Crippen LogP contribution in [0, 0.1) is 18.8 Å². The molecule has 2 aromatic heterocycles. The number of aliphatic hydroxyl groups is 1. The van der Waals surface area contributed by atoms with Crippen molar-refractivity contribution in [2.24, 2.45) is 0 Å². The number of carbonyl (C=O) groups excluding carboxylic acids is 1. The van der Waals surface area contributed by atoms with E-state index in [1.165, 1.54) is 23.7 Å². The molecule has 0 radical (unpaired) electrons. The molecule has 2 aromatic rings. The first-order chi connectivity index (χ1) is 9.20. The summed E-state index contributed by atoms with van der Waals surface area (Å²) in [7, 11) is 0. The van der Waals surface area contributed by atoms with Crippen LogP contribution in [0.3, 0.4) is 0 Å². The first kappa shape index (κ1) is 13.2. The number of amides is 1. The Hall–Kier alpha value is -2.23. The number of aryl methyl sites for hydroxylation is 1. The molecule has 0 atom stereocenters. The molecule has 0 saturated carbocycles. The molecule has 2 rings (SSSR count). The lowest BCUT2D eigenvalue weighted by molar-refractivity contribution is 0.102. The van der Waals surface area contributed by atoms with Gasteiger partial charge in [-0.3, -0.25) is 15.1 Å². The van der Waals surface area contributed by atoms with Crippen LogP contribution >= 0.6 is 11.3 Å². The molecule has 0 bridgehead atoms. The monoisotopic (exact) mass is 273 g/mol. The predicted octanol–water partition coefficient (Wildman–Crippen LogP) is 1.44. The first-order valence-corrected chi connectivity index (χ1v) is 6.30. The molecule has 6 heteroatoms. The fraction of sp³-hybridized carbons (Fsp3) is 0.154. The molecule has 0 aliphatic heterocycles. The van der Waals surface area contributed by atoms with Crippen molar-refractivity contribution in [1.29, 1.82) is 0 Å². The van der Waals surface area contributed by atoms with Crippen molar-refractivity contribution in [3.8, 4) is 11.8 Å². The number of nitrogens with zero attached hydrogens (tertiary/aromatic N) is 2. The Morgan fingerprint density at radius 3 is 3.05 bits per heavy atom. The van der Waals surface area contributed by atoms with Gasteiger partial charge in [0.25, 0.3) is 5.91 Å². The van der Waals surface area contributed by atoms with E-state index in [9.17, 15) is 4.79 Å². The Morgan fingerprint density at radius 2 is 2.37 bits per heavy atom. The molecule has 96 valence electrons. The zero-order chi connectivity index (χ0) is 13.7. The van der Waals surface area contributed by atoms with Crippen molar-refractivity contribution in [2.75, 3.05) is 11.9 Å². The quantitative estimate of drug-likeness (QED) is 0.812. The third kappa shape index (κ3) is 3.37. The number of carbonyl (C=O) groups is 1. The van der Waals surface area contributed by atoms with Gasteiger partial charge in [-0.1, -0.05) is 11.8 Å². The number of thiazole rings is 1. The molecule has 0 aliphatic rings. The molecule has 0 spiro atoms. The summed E-state index contributed by atoms with van der Waals surface area (Å²) >= 11 is 1.40. The molecule has 2 N–H and O–H groups in total. The van der Waals surface area contributed by atoms with Gasteiger partial charge < -0.3 is 5.11 Å². The summed E-state index contributed by atoms with van der Waals surface area (Å²) in [5.41, 5.74) is 0.881. The average molecular weight is 273 g/mol. The zero-order valence-electron chi connectivity index (χ0n) is 10.2. The van der Waals surface area contributed by atoms with Crippen LogP contribution in [0.1, 0.15) is 20.8 Å². The molecule has 0 fully saturated rings. The molecule has 0 unspecified atom stereocenters. The van der Waals surface area contributed by atoms with Gasteiger partial charge in [0.1, 0.15) is 6.61 Å². The minimum Gasteiger partial charge on any atom is -0.384 e. The maximum atomic E-state index is 12.1. The number of rotatable bonds is 2. The van der Waals surface area contributed by atoms with E-state index in [0.717, 1.165) is 4.88 Å². The van der Waals surface area contributed by atoms with Gasteiger partial charge in [0.05, 0.1) is 11.1 Å². The largest absolute Gasteiger partial charge is 0.384 e. The fourth-order valence-corrected chi connectivity index (χ4v) is 2.06. The third-order valence-corrected chi connectivity index (χ3v) is 3.04. The minimum absolute atomic E-state index is 0.262. The van der Waals surface area contributed by atoms with Gasteiger partial charge in [0.2, 0.25) is 0 Å². The maximum Gasteiger partial charge on any atom is 0.258 e. The summed E-state index contributed by atoms with van der Waals surface area (Å²) in [4.78, 5) is 21.1. The Balaban J connectivity index is 2.23. The number of nitrogens with one attached hydrogen (secondary N) is 1. The molecule has 2 heterocycles. The average Bonchev–Trinajstić information content (AvgIpc) is 2.82. The predicted molar refractivity (Wildman–Crippen MR) is 73.0 cm³/mol. The summed E-state index contributed by atoms with van der Waals surface area (Å²) in [5, 5.41) is 11.9. The van der Waals surface area contributed by atoms with Gasteiger partial charge in [-0.15, -0.1) is 11.3 Å². The van der Waals surface area contributed by atoms with Gasteiger partial charge in [0, 0.05) is 23.5 Å². The van der Waals surface area contributed by atoms with Gasteiger partial charge in [-0.2, -0.15) is 0 Å². The van der Waals surface area contributed by atoms with Crippen LogP contribution in [-0.2, 0) is 0 Å². The Bertz CT molecular complexity index is 655. The number of hydrogen-bond donors (Lipinski definition) is 2. The van der Waals surface area contributed by atoms with Crippen molar-refractivity contribution < 1.29 is 9.90 Å². The van der Waals surface area contributed by atoms with E-state index < -0.39 is 0 Å². The lowest BCUT2D eigenvalue weighted by Crippen LogP contribution is -2.13. The van der Waals surface area contributed by atoms with Crippen molar-refractivity contribution in [2.45, 2.75) is 6.92 Å². The molecule has 1 amide bonds. The number of pyridine rings is 1. The highest BCUT2D eigenvalue weighted by Gasteiger charge is 2.11. The van der Waals surface area contributed by atoms with E-state index in [4.69, 9.17) is 5.11 Å². The molecule has 19 heavy (non-hydrogen) atoms. The summed E-state index contributed by atoms with van der Waals surface area (Å²) < 4.78 is 0. The number of hydrogen-bond acceptors (Lipinski definition) is 5. The molecule has 5 nitrogen and oxygen atoms in total. The minimum atomic E-state index is -0.293. The van der Waals surface area contributed by atoms with Crippen molar-refractivity contribution in [3.63, 3.8) is 0 Å². The van der Waals surface area contributed by atoms with E-state index in [-0.39, 0.29) is 12.5 Å². The highest BCUT2D eigenvalue weighted by atomic mass is 32.1. The van der Waals surface area contributed by atoms with Crippen LogP contribution in [0.2, 0.25) is 0 Å². The number of aromatic nitrogens is 2. The molecular formula is C13H11N3O2S. The van der Waals surface area contributed by atoms with Crippen LogP contribution in [0.4, 0.5) is 5.13 Å². The normalized spacial score (nSPS) is 9.58. The van der Waals surface area contributed by atoms with Gasteiger partial charge >= 0.3 is 0 Å². The van der Waals surface area contributed by atoms with E-state index in [1.807, 2.05) is 6.92 Å². The van der Waals surface area contributed by atoms with Gasteiger partial charge in [-0.25, -0.2) is 4.98 Å². The Morgan fingerprint density at radius 1 is 1.53 bits per heavy atom. The van der Waals surface area contributed by atoms with Gasteiger partial charge in [-0.05, 0) is 13.0 Å². The number of anilines is 1. The SMILES string of the molecule is Cc1cnc(NC(=O)c2ccncc2C#CCO)s1. The number of aliphatic hydroxyl groups excluding tert-OH is 1. The summed E-state index contributed by atoms with van der Waals surface area (Å²) in [6.45, 7) is 1.65. The van der Waals surface area contributed by atoms with E-state index in [0.29, 0.717) is 16.3 Å². The molecule has 0 aromatic carbocycles. The van der Waals surface area contributed by atoms with Crippen molar-refractivity contribution in [3.05, 3.63) is 40.7 Å². The second-order valence-corrected chi connectivity index (χ2v) is 4.85. The summed E-state index contributed by atoms with van der Waals surface area (Å²) in [5.74, 6) is 4.90. The van der Waals surface area contributed by atoms with Crippen LogP contribution in [0.5, 0.6) is 0 Å². The topological polar surface area (TPSA) is 75.1 Å². The second-order valence-electron chi connectivity index (χ2n) is 3.61. The maximum absolute atomic E-state index is 12.1. The lowest BCUT2D eigenvalue weighted by atomic mass is 10.1. The van der Waals surface area contributed by atoms with E-state index in [2.05, 4.69) is 27.1 Å². The van der Waals surface area contributed by atoms with E-state index >= 15 is 0 Å². The highest BCUT2D eigenvalue weighted by Crippen LogP contribution is 2.18. The Labute approximate surface area is 114 Å². The summed E-state index contributed by atoms with van der Waals surface area (Å²) in [6.07, 6.45) is 4.70. The lowest BCUT2D eigenvalue weighted by Gasteiger charge is -2.03. The van der Waals surface area contributed by atoms with Crippen LogP contribution in [0.25, 0.3) is 0 Å². The first-order valence-electron chi connectivity index (χ1n) is 5.48. The third-order valence-electron chi connectivity index (χ3n) is 2.21. The molecule has 0 saturated heterocycles. The fourth-order valence-electron chi connectivity index (χ4n) is 1.40. The van der Waals surface area contributed by atoms with Crippen LogP contribution < -0.4 is 5.32 Å². The molecule has 0 aliphatic carbocycles. The highest BCUT2D eigenvalue weighted by molar-refractivity contribution is 7.15. The molecular weight excluding hydrogens is 262 g/mol. The van der Waals surface area contributed by atoms with Crippen molar-refractivity contribution in [1.82, 2.24) is 9.97 Å². The van der Waals surface area contributed by atoms with Gasteiger partial charge in [0.15, 0.2) is 5.13 Å². The smallest absolute Gasteiger partial charge is 0.258 e. The van der Waals surface area contributed by atoms with Crippen molar-refractivity contribution >= 4 is 22.4 Å².